The first-order chi connectivity index (χ1) is 29.2. The molecule has 0 bridgehead atoms. The molecule has 0 spiro atoms. The van der Waals surface area contributed by atoms with Gasteiger partial charge in [-0.15, -0.1) is 0 Å². The highest BCUT2D eigenvalue weighted by Gasteiger charge is 2.19. The standard InChI is InChI=1S/C54H104O6/c1-6-7-8-32-39-44-52(55)58-47-51(60-54(57)46-41-36-31-27-23-19-15-11-13-17-21-25-29-34-38-43-50(4)5)48-59-53(56)45-40-35-30-26-22-18-14-10-9-12-16-20-24-28-33-37-42-49(2)3/h49-51H,6-48H2,1-5H3/t51-/m0/s1. The van der Waals surface area contributed by atoms with Gasteiger partial charge in [0.05, 0.1) is 0 Å². The lowest BCUT2D eigenvalue weighted by Crippen LogP contribution is -2.30. The second-order valence-corrected chi connectivity index (χ2v) is 19.5. The molecule has 0 aliphatic heterocycles. The molecule has 356 valence electrons. The Hall–Kier alpha value is -1.59. The van der Waals surface area contributed by atoms with Crippen LogP contribution in [0, 0.1) is 11.8 Å². The summed E-state index contributed by atoms with van der Waals surface area (Å²) in [7, 11) is 0. The van der Waals surface area contributed by atoms with Crippen LogP contribution < -0.4 is 0 Å². The SMILES string of the molecule is CCCCCCCC(=O)OC[C@@H](COC(=O)CCCCCCCCCCCCCCCCCCC(C)C)OC(=O)CCCCCCCCCCCCCCCCCC(C)C. The molecule has 0 aromatic carbocycles. The zero-order valence-corrected chi connectivity index (χ0v) is 41.1. The van der Waals surface area contributed by atoms with Crippen molar-refractivity contribution in [3.8, 4) is 0 Å². The number of rotatable bonds is 48. The summed E-state index contributed by atoms with van der Waals surface area (Å²) in [6.07, 6.45) is 48.4. The van der Waals surface area contributed by atoms with Gasteiger partial charge >= 0.3 is 17.9 Å². The third-order valence-corrected chi connectivity index (χ3v) is 12.2. The van der Waals surface area contributed by atoms with Crippen molar-refractivity contribution in [2.24, 2.45) is 11.8 Å². The second-order valence-electron chi connectivity index (χ2n) is 19.5. The molecule has 0 unspecified atom stereocenters. The van der Waals surface area contributed by atoms with Crippen LogP contribution in [0.15, 0.2) is 0 Å². The molecule has 0 aliphatic rings. The predicted molar refractivity (Wildman–Crippen MR) is 256 cm³/mol. The van der Waals surface area contributed by atoms with E-state index in [4.69, 9.17) is 14.2 Å². The van der Waals surface area contributed by atoms with E-state index < -0.39 is 6.10 Å². The molecule has 0 aromatic heterocycles. The maximum atomic E-state index is 12.7. The summed E-state index contributed by atoms with van der Waals surface area (Å²) in [5.41, 5.74) is 0. The van der Waals surface area contributed by atoms with Gasteiger partial charge in [0.15, 0.2) is 6.10 Å². The van der Waals surface area contributed by atoms with Crippen molar-refractivity contribution in [2.45, 2.75) is 304 Å². The highest BCUT2D eigenvalue weighted by atomic mass is 16.6. The maximum Gasteiger partial charge on any atom is 0.306 e. The summed E-state index contributed by atoms with van der Waals surface area (Å²) in [4.78, 5) is 37.7. The molecule has 0 N–H and O–H groups in total. The van der Waals surface area contributed by atoms with Crippen LogP contribution in [-0.2, 0) is 28.6 Å². The summed E-state index contributed by atoms with van der Waals surface area (Å²) < 4.78 is 16.7. The maximum absolute atomic E-state index is 12.7. The Morgan fingerprint density at radius 3 is 0.817 bits per heavy atom. The number of carbonyl (C=O) groups excluding carboxylic acids is 3. The number of carbonyl (C=O) groups is 3. The van der Waals surface area contributed by atoms with Crippen molar-refractivity contribution >= 4 is 17.9 Å². The number of hydrogen-bond acceptors (Lipinski definition) is 6. The Kier molecular flexibility index (Phi) is 45.7. The van der Waals surface area contributed by atoms with E-state index in [9.17, 15) is 14.4 Å². The predicted octanol–water partition coefficient (Wildman–Crippen LogP) is 17.3. The molecule has 0 radical (unpaired) electrons. The quantitative estimate of drug-likeness (QED) is 0.0345. The van der Waals surface area contributed by atoms with Crippen LogP contribution in [0.1, 0.15) is 298 Å². The van der Waals surface area contributed by atoms with Gasteiger partial charge in [-0.2, -0.15) is 0 Å². The second kappa shape index (κ2) is 46.9. The van der Waals surface area contributed by atoms with Gasteiger partial charge < -0.3 is 14.2 Å². The van der Waals surface area contributed by atoms with E-state index in [-0.39, 0.29) is 31.1 Å². The fourth-order valence-corrected chi connectivity index (χ4v) is 8.17. The van der Waals surface area contributed by atoms with Gasteiger partial charge in [-0.05, 0) is 31.1 Å². The van der Waals surface area contributed by atoms with Gasteiger partial charge in [-0.25, -0.2) is 0 Å². The van der Waals surface area contributed by atoms with E-state index in [2.05, 4.69) is 34.6 Å². The summed E-state index contributed by atoms with van der Waals surface area (Å²) in [6, 6.07) is 0. The van der Waals surface area contributed by atoms with Gasteiger partial charge in [-0.1, -0.05) is 259 Å². The van der Waals surface area contributed by atoms with E-state index in [1.807, 2.05) is 0 Å². The fraction of sp³-hybridized carbons (Fsp3) is 0.944. The van der Waals surface area contributed by atoms with E-state index in [0.717, 1.165) is 76.0 Å². The molecule has 0 saturated carbocycles. The molecule has 0 saturated heterocycles. The summed E-state index contributed by atoms with van der Waals surface area (Å²) in [5, 5.41) is 0. The van der Waals surface area contributed by atoms with Crippen molar-refractivity contribution in [1.29, 1.82) is 0 Å². The minimum Gasteiger partial charge on any atom is -0.462 e. The lowest BCUT2D eigenvalue weighted by Gasteiger charge is -2.18. The average molecular weight is 849 g/mol. The fourth-order valence-electron chi connectivity index (χ4n) is 8.17. The Labute approximate surface area is 374 Å². The first kappa shape index (κ1) is 58.4. The van der Waals surface area contributed by atoms with Crippen LogP contribution in [0.4, 0.5) is 0 Å². The van der Waals surface area contributed by atoms with Crippen LogP contribution in [0.25, 0.3) is 0 Å². The Morgan fingerprint density at radius 2 is 0.550 bits per heavy atom. The minimum atomic E-state index is -0.760. The van der Waals surface area contributed by atoms with Crippen LogP contribution >= 0.6 is 0 Å². The third kappa shape index (κ3) is 47.5. The number of esters is 3. The zero-order chi connectivity index (χ0) is 44.0. The zero-order valence-electron chi connectivity index (χ0n) is 41.1. The van der Waals surface area contributed by atoms with Crippen LogP contribution in [0.3, 0.4) is 0 Å². The molecule has 60 heavy (non-hydrogen) atoms. The Balaban J connectivity index is 4.08. The van der Waals surface area contributed by atoms with Gasteiger partial charge in [0.1, 0.15) is 13.2 Å². The van der Waals surface area contributed by atoms with Gasteiger partial charge in [0, 0.05) is 19.3 Å². The lowest BCUT2D eigenvalue weighted by atomic mass is 10.0. The molecule has 0 aliphatic carbocycles. The molecule has 0 heterocycles. The van der Waals surface area contributed by atoms with Crippen molar-refractivity contribution < 1.29 is 28.6 Å². The first-order valence-corrected chi connectivity index (χ1v) is 26.7. The van der Waals surface area contributed by atoms with E-state index in [0.29, 0.717) is 19.3 Å². The topological polar surface area (TPSA) is 78.9 Å². The Morgan fingerprint density at radius 1 is 0.317 bits per heavy atom. The molecule has 6 heteroatoms. The molecule has 0 fully saturated rings. The number of hydrogen-bond donors (Lipinski definition) is 0. The normalized spacial score (nSPS) is 12.1. The largest absolute Gasteiger partial charge is 0.462 e. The number of ether oxygens (including phenoxy) is 3. The van der Waals surface area contributed by atoms with E-state index >= 15 is 0 Å². The molecular formula is C54H104O6. The van der Waals surface area contributed by atoms with E-state index in [1.165, 1.54) is 180 Å². The van der Waals surface area contributed by atoms with Gasteiger partial charge in [0.25, 0.3) is 0 Å². The molecule has 0 rings (SSSR count). The molecule has 0 amide bonds. The van der Waals surface area contributed by atoms with Crippen molar-refractivity contribution in [3.63, 3.8) is 0 Å². The highest BCUT2D eigenvalue weighted by molar-refractivity contribution is 5.71. The Bertz CT molecular complexity index is 916. The van der Waals surface area contributed by atoms with Crippen molar-refractivity contribution in [2.75, 3.05) is 13.2 Å². The monoisotopic (exact) mass is 849 g/mol. The van der Waals surface area contributed by atoms with Gasteiger partial charge in [0.2, 0.25) is 0 Å². The third-order valence-electron chi connectivity index (χ3n) is 12.2. The molecule has 1 atom stereocenters. The summed E-state index contributed by atoms with van der Waals surface area (Å²) >= 11 is 0. The van der Waals surface area contributed by atoms with Crippen molar-refractivity contribution in [3.05, 3.63) is 0 Å². The van der Waals surface area contributed by atoms with Crippen molar-refractivity contribution in [1.82, 2.24) is 0 Å². The first-order valence-electron chi connectivity index (χ1n) is 26.7. The smallest absolute Gasteiger partial charge is 0.306 e. The average Bonchev–Trinajstić information content (AvgIpc) is 3.22. The van der Waals surface area contributed by atoms with Crippen LogP contribution in [0.5, 0.6) is 0 Å². The molecule has 0 aromatic rings. The minimum absolute atomic E-state index is 0.0642. The number of unbranched alkanes of at least 4 members (excludes halogenated alkanes) is 33. The lowest BCUT2D eigenvalue weighted by molar-refractivity contribution is -0.167. The molecular weight excluding hydrogens is 745 g/mol. The summed E-state index contributed by atoms with van der Waals surface area (Å²) in [6.45, 7) is 11.3. The van der Waals surface area contributed by atoms with Gasteiger partial charge in [-0.3, -0.25) is 14.4 Å². The van der Waals surface area contributed by atoms with Crippen LogP contribution in [0.2, 0.25) is 0 Å². The van der Waals surface area contributed by atoms with E-state index in [1.54, 1.807) is 0 Å². The summed E-state index contributed by atoms with van der Waals surface area (Å²) in [5.74, 6) is 0.841. The van der Waals surface area contributed by atoms with Crippen LogP contribution in [-0.4, -0.2) is 37.2 Å². The molecule has 6 nitrogen and oxygen atoms in total. The highest BCUT2D eigenvalue weighted by Crippen LogP contribution is 2.18.